The van der Waals surface area contributed by atoms with E-state index in [1.54, 1.807) is 23.9 Å². The Labute approximate surface area is 223 Å². The summed E-state index contributed by atoms with van der Waals surface area (Å²) in [6.07, 6.45) is 0.0843. The Bertz CT molecular complexity index is 1190. The van der Waals surface area contributed by atoms with Crippen molar-refractivity contribution in [2.45, 2.75) is 18.4 Å². The Kier molecular flexibility index (Phi) is 13.9. The molecule has 2 rings (SSSR count). The summed E-state index contributed by atoms with van der Waals surface area (Å²) in [6, 6.07) is 10.1. The van der Waals surface area contributed by atoms with Gasteiger partial charge in [0.25, 0.3) is 0 Å². The van der Waals surface area contributed by atoms with Crippen LogP contribution in [0.15, 0.2) is 45.8 Å². The molecule has 38 heavy (non-hydrogen) atoms. The molecule has 0 radical (unpaired) electrons. The Hall–Kier alpha value is -3.60. The first-order valence-corrected chi connectivity index (χ1v) is 14.0. The highest BCUT2D eigenvalue weighted by Crippen LogP contribution is 2.15. The van der Waals surface area contributed by atoms with Gasteiger partial charge in [-0.15, -0.1) is 0 Å². The van der Waals surface area contributed by atoms with Gasteiger partial charge in [0.15, 0.2) is 0 Å². The second kappa shape index (κ2) is 16.3. The van der Waals surface area contributed by atoms with E-state index in [0.29, 0.717) is 35.7 Å². The van der Waals surface area contributed by atoms with Gasteiger partial charge < -0.3 is 36.1 Å². The van der Waals surface area contributed by atoms with E-state index in [4.69, 9.17) is 30.0 Å². The number of carboxylic acids is 2. The predicted octanol–water partition coefficient (Wildman–Crippen LogP) is -0.285. The van der Waals surface area contributed by atoms with E-state index in [1.165, 1.54) is 12.1 Å². The lowest BCUT2D eigenvalue weighted by Gasteiger charge is -2.15. The number of hydrogen-bond acceptors (Lipinski definition) is 10. The molecule has 14 nitrogen and oxygen atoms in total. The maximum Gasteiger partial charge on any atom is 0.414 e. The number of carbonyl (C=O) groups excluding carboxylic acids is 1. The number of nitrogens with zero attached hydrogens (tertiary/aromatic N) is 1. The molecule has 0 saturated heterocycles. The van der Waals surface area contributed by atoms with Gasteiger partial charge in [-0.1, -0.05) is 12.1 Å². The van der Waals surface area contributed by atoms with E-state index in [0.717, 1.165) is 17.8 Å². The van der Waals surface area contributed by atoms with Crippen molar-refractivity contribution in [3.63, 3.8) is 0 Å². The van der Waals surface area contributed by atoms with Crippen molar-refractivity contribution in [2.75, 3.05) is 32.1 Å². The first kappa shape index (κ1) is 32.4. The zero-order chi connectivity index (χ0) is 28.7. The molecule has 0 aliphatic heterocycles. The first-order valence-electron chi connectivity index (χ1n) is 10.9. The highest BCUT2D eigenvalue weighted by Gasteiger charge is 2.12. The maximum absolute atomic E-state index is 11.6. The van der Waals surface area contributed by atoms with Gasteiger partial charge in [0.2, 0.25) is 21.9 Å². The number of furan rings is 1. The van der Waals surface area contributed by atoms with Crippen LogP contribution >= 0.6 is 11.8 Å². The molecule has 1 atom stereocenters. The topological polar surface area (TPSA) is 234 Å². The van der Waals surface area contributed by atoms with Crippen LogP contribution in [0.4, 0.5) is 0 Å². The summed E-state index contributed by atoms with van der Waals surface area (Å²) >= 11 is 1.61. The average molecular weight is 574 g/mol. The number of benzene rings is 1. The van der Waals surface area contributed by atoms with Crippen LogP contribution in [0.3, 0.4) is 0 Å². The number of aliphatic hydroxyl groups excluding tert-OH is 1. The molecule has 0 fully saturated rings. The van der Waals surface area contributed by atoms with Gasteiger partial charge in [-0.2, -0.15) is 11.8 Å². The van der Waals surface area contributed by atoms with Crippen LogP contribution in [0.25, 0.3) is 0 Å². The van der Waals surface area contributed by atoms with Crippen LogP contribution in [-0.2, 0) is 31.9 Å². The molecular weight excluding hydrogens is 542 g/mol. The van der Waals surface area contributed by atoms with Crippen molar-refractivity contribution < 1.29 is 42.5 Å². The van der Waals surface area contributed by atoms with Crippen molar-refractivity contribution in [1.82, 2.24) is 15.4 Å². The number of carboxylic acid groups (broad SMARTS) is 2. The molecule has 2 aromatic rings. The van der Waals surface area contributed by atoms with Gasteiger partial charge in [-0.25, -0.2) is 18.0 Å². The number of nitrogens with two attached hydrogens (primary N) is 1. The normalized spacial score (nSPS) is 12.1. The first-order chi connectivity index (χ1) is 17.8. The van der Waals surface area contributed by atoms with Gasteiger partial charge in [-0.05, 0) is 36.9 Å². The molecule has 1 aromatic carbocycles. The highest BCUT2D eigenvalue weighted by molar-refractivity contribution is 7.98. The minimum atomic E-state index is -3.54. The molecule has 0 aliphatic rings. The Balaban J connectivity index is 0.00000107. The molecule has 0 saturated carbocycles. The molecule has 1 aromatic heterocycles. The van der Waals surface area contributed by atoms with Crippen LogP contribution in [0.1, 0.15) is 33.5 Å². The number of hydrogen-bond donors (Lipinski definition) is 7. The van der Waals surface area contributed by atoms with Gasteiger partial charge in [-0.3, -0.25) is 14.5 Å². The molecular formula is C22H31N5O9S2. The van der Waals surface area contributed by atoms with Crippen molar-refractivity contribution >= 4 is 45.6 Å². The Morgan fingerprint density at radius 2 is 1.68 bits per heavy atom. The summed E-state index contributed by atoms with van der Waals surface area (Å²) in [5.41, 5.74) is 6.09. The van der Waals surface area contributed by atoms with Crippen LogP contribution < -0.4 is 21.1 Å². The average Bonchev–Trinajstić information content (AvgIpc) is 3.29. The van der Waals surface area contributed by atoms with Crippen molar-refractivity contribution in [2.24, 2.45) is 10.7 Å². The van der Waals surface area contributed by atoms with Crippen molar-refractivity contribution in [3.8, 4) is 0 Å². The minimum absolute atomic E-state index is 0.0189. The summed E-state index contributed by atoms with van der Waals surface area (Å²) in [5.74, 6) is -1.09. The predicted molar refractivity (Wildman–Crippen MR) is 141 cm³/mol. The van der Waals surface area contributed by atoms with Crippen LogP contribution in [0, 0.1) is 0 Å². The lowest BCUT2D eigenvalue weighted by atomic mass is 10.1. The van der Waals surface area contributed by atoms with E-state index in [-0.39, 0.29) is 12.5 Å². The summed E-state index contributed by atoms with van der Waals surface area (Å²) in [7, 11) is -1.69. The van der Waals surface area contributed by atoms with Crippen LogP contribution in [-0.4, -0.2) is 79.7 Å². The Morgan fingerprint density at radius 3 is 2.21 bits per heavy atom. The molecule has 0 bridgehead atoms. The number of carbonyl (C=O) groups is 3. The number of primary amides is 1. The number of aliphatic imine (C=N–C) groups is 1. The molecule has 1 amide bonds. The van der Waals surface area contributed by atoms with E-state index in [2.05, 4.69) is 20.3 Å². The summed E-state index contributed by atoms with van der Waals surface area (Å²) in [5, 5.41) is 31.0. The third-order valence-corrected chi connectivity index (χ3v) is 5.85. The number of aliphatic carboxylic acids is 2. The molecule has 1 unspecified atom stereocenters. The SMILES string of the molecule is CNCc1ccc(CSCCN=C(NCC(O)c2ccc(C(N)=O)cc2)NS(C)(=O)=O)o1.O=C(O)C(=O)O. The van der Waals surface area contributed by atoms with Crippen LogP contribution in [0.5, 0.6) is 0 Å². The van der Waals surface area contributed by atoms with Crippen LogP contribution in [0.2, 0.25) is 0 Å². The van der Waals surface area contributed by atoms with Gasteiger partial charge >= 0.3 is 11.9 Å². The standard InChI is InChI=1S/C20H29N5O5S2.C2H2O4/c1-22-11-16-7-8-17(30-16)13-31-10-9-23-20(25-32(2,28)29)24-12-18(26)14-3-5-15(6-4-14)19(21)27;3-1(4)2(5)6/h3-8,18,22,26H,9-13H2,1-2H3,(H2,21,27)(H2,23,24,25);(H,3,4)(H,5,6). The smallest absolute Gasteiger partial charge is 0.414 e. The highest BCUT2D eigenvalue weighted by atomic mass is 32.2. The van der Waals surface area contributed by atoms with Crippen molar-refractivity contribution in [1.29, 1.82) is 0 Å². The second-order valence-electron chi connectivity index (χ2n) is 7.55. The van der Waals surface area contributed by atoms with E-state index in [9.17, 15) is 18.3 Å². The second-order valence-corrected chi connectivity index (χ2v) is 10.4. The Morgan fingerprint density at radius 1 is 1.08 bits per heavy atom. The fraction of sp³-hybridized carbons (Fsp3) is 0.364. The summed E-state index contributed by atoms with van der Waals surface area (Å²) in [6.45, 7) is 1.05. The number of aliphatic hydroxyl groups is 1. The molecule has 0 spiro atoms. The summed E-state index contributed by atoms with van der Waals surface area (Å²) in [4.78, 5) is 33.6. The number of rotatable bonds is 12. The monoisotopic (exact) mass is 573 g/mol. The number of thioether (sulfide) groups is 1. The van der Waals surface area contributed by atoms with E-state index >= 15 is 0 Å². The number of guanidine groups is 1. The molecule has 8 N–H and O–H groups in total. The molecule has 210 valence electrons. The van der Waals surface area contributed by atoms with Gasteiger partial charge in [0.05, 0.1) is 31.2 Å². The number of amides is 1. The number of nitrogens with one attached hydrogen (secondary N) is 3. The fourth-order valence-electron chi connectivity index (χ4n) is 2.64. The molecule has 1 heterocycles. The summed E-state index contributed by atoms with van der Waals surface area (Å²) < 4.78 is 31.2. The van der Waals surface area contributed by atoms with Gasteiger partial charge in [0, 0.05) is 17.9 Å². The largest absolute Gasteiger partial charge is 0.473 e. The molecule has 0 aliphatic carbocycles. The fourth-order valence-corrected chi connectivity index (χ4v) is 3.85. The zero-order valence-corrected chi connectivity index (χ0v) is 22.3. The quantitative estimate of drug-likeness (QED) is 0.0751. The van der Waals surface area contributed by atoms with Gasteiger partial charge in [0.1, 0.15) is 11.5 Å². The lowest BCUT2D eigenvalue weighted by Crippen LogP contribution is -2.42. The minimum Gasteiger partial charge on any atom is -0.473 e. The third-order valence-electron chi connectivity index (χ3n) is 4.33. The number of sulfonamides is 1. The van der Waals surface area contributed by atoms with E-state index in [1.807, 2.05) is 19.2 Å². The van der Waals surface area contributed by atoms with E-state index < -0.39 is 34.0 Å². The lowest BCUT2D eigenvalue weighted by molar-refractivity contribution is -0.159. The third kappa shape index (κ3) is 13.6. The zero-order valence-electron chi connectivity index (χ0n) is 20.7. The van der Waals surface area contributed by atoms with Crippen molar-refractivity contribution in [3.05, 3.63) is 59.0 Å². The molecule has 16 heteroatoms. The maximum atomic E-state index is 11.6.